The predicted octanol–water partition coefficient (Wildman–Crippen LogP) is 2.06. The number of amides is 1. The second-order valence-electron chi connectivity index (χ2n) is 4.85. The van der Waals surface area contributed by atoms with Gasteiger partial charge in [0.25, 0.3) is 0 Å². The summed E-state index contributed by atoms with van der Waals surface area (Å²) in [6.45, 7) is -0.0514. The smallest absolute Gasteiger partial charge is 0.407 e. The van der Waals surface area contributed by atoms with Crippen molar-refractivity contribution in [1.29, 1.82) is 0 Å². The van der Waals surface area contributed by atoms with Crippen molar-refractivity contribution >= 4 is 17.7 Å². The van der Waals surface area contributed by atoms with Crippen LogP contribution in [0.5, 0.6) is 0 Å². The molecule has 2 rings (SSSR count). The zero-order chi connectivity index (χ0) is 16.7. The van der Waals surface area contributed by atoms with Crippen molar-refractivity contribution in [3.8, 4) is 0 Å². The molecule has 0 spiro atoms. The number of pyridine rings is 1. The number of nitrogens with zero attached hydrogens (tertiary/aromatic N) is 1. The van der Waals surface area contributed by atoms with Crippen LogP contribution in [0.25, 0.3) is 0 Å². The van der Waals surface area contributed by atoms with Gasteiger partial charge in [0.05, 0.1) is 5.69 Å². The van der Waals surface area contributed by atoms with E-state index in [0.717, 1.165) is 5.56 Å². The molecule has 1 amide bonds. The van der Waals surface area contributed by atoms with Gasteiger partial charge in [0.15, 0.2) is 0 Å². The average Bonchev–Trinajstić information content (AvgIpc) is 2.58. The number of carbonyl (C=O) groups is 1. The topological polar surface area (TPSA) is 91.7 Å². The molecule has 2 aromatic rings. The standard InChI is InChI=1S/C16H17ClN2O4/c17-12-6-7-18-13(8-12)15(21)14(20)9-19-16(22)23-10-11-4-2-1-3-5-11/h1-8,14-15,20-21H,9-10H2,(H,19,22). The van der Waals surface area contributed by atoms with Gasteiger partial charge in [-0.25, -0.2) is 4.79 Å². The molecule has 0 saturated carbocycles. The van der Waals surface area contributed by atoms with Crippen LogP contribution < -0.4 is 5.32 Å². The van der Waals surface area contributed by atoms with Crippen LogP contribution in [0.15, 0.2) is 48.7 Å². The molecule has 23 heavy (non-hydrogen) atoms. The number of benzene rings is 1. The van der Waals surface area contributed by atoms with E-state index in [1.165, 1.54) is 12.3 Å². The number of rotatable bonds is 6. The van der Waals surface area contributed by atoms with Gasteiger partial charge in [0.2, 0.25) is 0 Å². The minimum Gasteiger partial charge on any atom is -0.445 e. The van der Waals surface area contributed by atoms with E-state index < -0.39 is 18.3 Å². The van der Waals surface area contributed by atoms with Crippen molar-refractivity contribution in [2.75, 3.05) is 6.54 Å². The Balaban J connectivity index is 1.77. The third-order valence-corrected chi connectivity index (χ3v) is 3.31. The van der Waals surface area contributed by atoms with Crippen LogP contribution in [0, 0.1) is 0 Å². The first kappa shape index (κ1) is 17.2. The summed E-state index contributed by atoms with van der Waals surface area (Å²) < 4.78 is 5.00. The van der Waals surface area contributed by atoms with Gasteiger partial charge in [-0.1, -0.05) is 41.9 Å². The number of aliphatic hydroxyl groups excluding tert-OH is 2. The fraction of sp³-hybridized carbons (Fsp3) is 0.250. The molecule has 7 heteroatoms. The number of aliphatic hydroxyl groups is 2. The van der Waals surface area contributed by atoms with Crippen molar-refractivity contribution in [2.24, 2.45) is 0 Å². The lowest BCUT2D eigenvalue weighted by molar-refractivity contribution is 0.0159. The summed E-state index contributed by atoms with van der Waals surface area (Å²) in [7, 11) is 0. The summed E-state index contributed by atoms with van der Waals surface area (Å²) in [5, 5.41) is 22.6. The van der Waals surface area contributed by atoms with Gasteiger partial charge >= 0.3 is 6.09 Å². The Morgan fingerprint density at radius 1 is 1.26 bits per heavy atom. The Labute approximate surface area is 138 Å². The van der Waals surface area contributed by atoms with Gasteiger partial charge in [0.1, 0.15) is 18.8 Å². The summed E-state index contributed by atoms with van der Waals surface area (Å²) in [5.74, 6) is 0. The highest BCUT2D eigenvalue weighted by atomic mass is 35.5. The van der Waals surface area contributed by atoms with Crippen molar-refractivity contribution in [2.45, 2.75) is 18.8 Å². The molecule has 0 aliphatic carbocycles. The second-order valence-corrected chi connectivity index (χ2v) is 5.29. The fourth-order valence-corrected chi connectivity index (χ4v) is 2.02. The zero-order valence-electron chi connectivity index (χ0n) is 12.2. The Bertz CT molecular complexity index is 639. The molecule has 0 aliphatic rings. The van der Waals surface area contributed by atoms with Gasteiger partial charge < -0.3 is 20.3 Å². The van der Waals surface area contributed by atoms with Crippen molar-refractivity contribution in [3.05, 3.63) is 64.9 Å². The number of alkyl carbamates (subject to hydrolysis) is 1. The third-order valence-electron chi connectivity index (χ3n) is 3.08. The number of nitrogens with one attached hydrogen (secondary N) is 1. The number of halogens is 1. The largest absolute Gasteiger partial charge is 0.445 e. The molecule has 6 nitrogen and oxygen atoms in total. The lowest BCUT2D eigenvalue weighted by Crippen LogP contribution is -2.36. The van der Waals surface area contributed by atoms with E-state index in [9.17, 15) is 15.0 Å². The second kappa shape index (κ2) is 8.47. The summed E-state index contributed by atoms with van der Waals surface area (Å²) >= 11 is 5.80. The average molecular weight is 337 g/mol. The number of hydrogen-bond donors (Lipinski definition) is 3. The van der Waals surface area contributed by atoms with Gasteiger partial charge in [-0.15, -0.1) is 0 Å². The van der Waals surface area contributed by atoms with Gasteiger partial charge in [-0.05, 0) is 17.7 Å². The maximum atomic E-state index is 11.6. The van der Waals surface area contributed by atoms with Crippen LogP contribution in [0.3, 0.4) is 0 Å². The number of hydrogen-bond acceptors (Lipinski definition) is 5. The van der Waals surface area contributed by atoms with Crippen molar-refractivity contribution < 1.29 is 19.7 Å². The van der Waals surface area contributed by atoms with Gasteiger partial charge in [0, 0.05) is 17.8 Å². The summed E-state index contributed by atoms with van der Waals surface area (Å²) in [6.07, 6.45) is -1.75. The summed E-state index contributed by atoms with van der Waals surface area (Å²) in [6, 6.07) is 12.2. The summed E-state index contributed by atoms with van der Waals surface area (Å²) in [5.41, 5.74) is 1.08. The maximum absolute atomic E-state index is 11.6. The molecule has 2 unspecified atom stereocenters. The molecule has 2 atom stereocenters. The van der Waals surface area contributed by atoms with E-state index in [1.807, 2.05) is 30.3 Å². The van der Waals surface area contributed by atoms with E-state index in [1.54, 1.807) is 6.07 Å². The monoisotopic (exact) mass is 336 g/mol. The lowest BCUT2D eigenvalue weighted by Gasteiger charge is -2.18. The zero-order valence-corrected chi connectivity index (χ0v) is 13.0. The maximum Gasteiger partial charge on any atom is 0.407 e. The van der Waals surface area contributed by atoms with E-state index in [-0.39, 0.29) is 18.8 Å². The van der Waals surface area contributed by atoms with E-state index in [2.05, 4.69) is 10.3 Å². The highest BCUT2D eigenvalue weighted by Crippen LogP contribution is 2.17. The quantitative estimate of drug-likeness (QED) is 0.751. The van der Waals surface area contributed by atoms with Crippen LogP contribution in [0.2, 0.25) is 5.02 Å². The van der Waals surface area contributed by atoms with E-state index in [4.69, 9.17) is 16.3 Å². The molecule has 0 fully saturated rings. The molecule has 3 N–H and O–H groups in total. The highest BCUT2D eigenvalue weighted by molar-refractivity contribution is 6.30. The Morgan fingerprint density at radius 2 is 2.00 bits per heavy atom. The molecule has 0 radical (unpaired) electrons. The number of carbonyl (C=O) groups excluding carboxylic acids is 1. The highest BCUT2D eigenvalue weighted by Gasteiger charge is 2.20. The van der Waals surface area contributed by atoms with E-state index >= 15 is 0 Å². The van der Waals surface area contributed by atoms with Crippen molar-refractivity contribution in [1.82, 2.24) is 10.3 Å². The minimum absolute atomic E-state index is 0.126. The Hall–Kier alpha value is -2.15. The SMILES string of the molecule is O=C(NCC(O)C(O)c1cc(Cl)ccn1)OCc1ccccc1. The normalized spacial score (nSPS) is 13.2. The first-order valence-corrected chi connectivity index (χ1v) is 7.36. The molecular formula is C16H17ClN2O4. The molecule has 0 bridgehead atoms. The van der Waals surface area contributed by atoms with Crippen molar-refractivity contribution in [3.63, 3.8) is 0 Å². The van der Waals surface area contributed by atoms with Crippen LogP contribution in [-0.4, -0.2) is 33.9 Å². The Morgan fingerprint density at radius 3 is 2.70 bits per heavy atom. The van der Waals surface area contributed by atoms with E-state index in [0.29, 0.717) is 5.02 Å². The Kier molecular flexibility index (Phi) is 6.34. The summed E-state index contributed by atoms with van der Waals surface area (Å²) in [4.78, 5) is 15.5. The van der Waals surface area contributed by atoms with Crippen LogP contribution in [0.4, 0.5) is 4.79 Å². The molecule has 1 aromatic carbocycles. The molecule has 1 aromatic heterocycles. The fourth-order valence-electron chi connectivity index (χ4n) is 1.85. The van der Waals surface area contributed by atoms with Crippen LogP contribution >= 0.6 is 11.6 Å². The van der Waals surface area contributed by atoms with Crippen LogP contribution in [0.1, 0.15) is 17.4 Å². The lowest BCUT2D eigenvalue weighted by atomic mass is 10.1. The third kappa shape index (κ3) is 5.52. The van der Waals surface area contributed by atoms with Gasteiger partial charge in [-0.2, -0.15) is 0 Å². The molecular weight excluding hydrogens is 320 g/mol. The van der Waals surface area contributed by atoms with Gasteiger partial charge in [-0.3, -0.25) is 4.98 Å². The van der Waals surface area contributed by atoms with Crippen LogP contribution in [-0.2, 0) is 11.3 Å². The minimum atomic E-state index is -1.26. The molecule has 0 aliphatic heterocycles. The first-order chi connectivity index (χ1) is 11.1. The molecule has 1 heterocycles. The molecule has 0 saturated heterocycles. The predicted molar refractivity (Wildman–Crippen MR) is 84.8 cm³/mol. The number of aromatic nitrogens is 1. The molecule has 122 valence electrons. The first-order valence-electron chi connectivity index (χ1n) is 6.98. The number of ether oxygens (including phenoxy) is 1.